The lowest BCUT2D eigenvalue weighted by molar-refractivity contribution is -0.116. The van der Waals surface area contributed by atoms with Gasteiger partial charge in [-0.05, 0) is 38.8 Å². The fourth-order valence-electron chi connectivity index (χ4n) is 4.95. The molecule has 5 rings (SSSR count). The summed E-state index contributed by atoms with van der Waals surface area (Å²) in [4.78, 5) is 59.7. The van der Waals surface area contributed by atoms with Crippen LogP contribution in [0.5, 0.6) is 0 Å². The Hall–Kier alpha value is -4.29. The second-order valence-electron chi connectivity index (χ2n) is 9.81. The van der Waals surface area contributed by atoms with Crippen molar-refractivity contribution in [2.75, 3.05) is 18.4 Å². The van der Waals surface area contributed by atoms with E-state index in [1.807, 2.05) is 20.8 Å². The van der Waals surface area contributed by atoms with E-state index in [2.05, 4.69) is 20.7 Å². The highest BCUT2D eigenvalue weighted by Crippen LogP contribution is 2.28. The molecule has 3 aromatic rings. The van der Waals surface area contributed by atoms with Gasteiger partial charge in [0, 0.05) is 25.2 Å². The molecule has 3 aromatic heterocycles. The van der Waals surface area contributed by atoms with Crippen molar-refractivity contribution in [3.63, 3.8) is 0 Å². The first-order valence-corrected chi connectivity index (χ1v) is 12.6. The van der Waals surface area contributed by atoms with Crippen LogP contribution in [0.3, 0.4) is 0 Å². The summed E-state index contributed by atoms with van der Waals surface area (Å²) in [5.41, 5.74) is 0.956. The highest BCUT2D eigenvalue weighted by atomic mass is 19.1. The minimum Gasteiger partial charge on any atom is -0.336 e. The second kappa shape index (κ2) is 9.88. The van der Waals surface area contributed by atoms with Crippen molar-refractivity contribution in [2.45, 2.75) is 58.8 Å². The standard InChI is InChI=1S/C25H29FN8O4/c1-4-16-9-21-33(13-20(35)29-19-6-5-15(26)10-27-19)22-18(23(36)34(21)30-16)12-32(24(22)37)17-7-8-31(11-17)25(38)28-14(2)3/h5-6,9-10,14,17H,4,7-8,11-13H2,1-3H3,(H,28,38)(H,27,29,35). The molecule has 1 unspecified atom stereocenters. The molecule has 2 aliphatic heterocycles. The number of anilines is 1. The molecule has 13 heteroatoms. The molecule has 200 valence electrons. The minimum atomic E-state index is -0.535. The molecule has 4 amide bonds. The third kappa shape index (κ3) is 4.59. The van der Waals surface area contributed by atoms with Crippen LogP contribution in [0.15, 0.2) is 29.2 Å². The average molecular weight is 525 g/mol. The number of amides is 4. The van der Waals surface area contributed by atoms with Crippen LogP contribution in [0.2, 0.25) is 0 Å². The van der Waals surface area contributed by atoms with Crippen molar-refractivity contribution >= 4 is 29.3 Å². The van der Waals surface area contributed by atoms with Crippen LogP contribution < -0.4 is 16.2 Å². The van der Waals surface area contributed by atoms with Crippen molar-refractivity contribution in [2.24, 2.45) is 0 Å². The maximum atomic E-state index is 13.7. The molecule has 12 nitrogen and oxygen atoms in total. The number of nitrogens with zero attached hydrogens (tertiary/aromatic N) is 6. The van der Waals surface area contributed by atoms with E-state index in [0.29, 0.717) is 37.3 Å². The van der Waals surface area contributed by atoms with E-state index in [1.54, 1.807) is 15.9 Å². The molecule has 0 spiro atoms. The molecule has 1 fully saturated rings. The Kier molecular flexibility index (Phi) is 6.59. The van der Waals surface area contributed by atoms with Crippen molar-refractivity contribution in [3.8, 4) is 0 Å². The predicted octanol–water partition coefficient (Wildman–Crippen LogP) is 1.38. The molecular weight excluding hydrogens is 495 g/mol. The first-order chi connectivity index (χ1) is 18.2. The number of likely N-dealkylation sites (tertiary alicyclic amines) is 1. The SMILES string of the molecule is CCc1cc2n(CC(=O)Nc3ccc(F)cn3)c3c(c(=O)n2n1)CN(C1CCN(C(=O)NC(C)C)C1)C3=O. The lowest BCUT2D eigenvalue weighted by Gasteiger charge is -2.24. The predicted molar refractivity (Wildman–Crippen MR) is 135 cm³/mol. The molecule has 0 aromatic carbocycles. The van der Waals surface area contributed by atoms with E-state index in [1.165, 1.54) is 21.2 Å². The van der Waals surface area contributed by atoms with Crippen LogP contribution in [0, 0.1) is 5.82 Å². The number of halogens is 1. The van der Waals surface area contributed by atoms with Gasteiger partial charge in [0.1, 0.15) is 29.5 Å². The molecule has 0 bridgehead atoms. The van der Waals surface area contributed by atoms with Crippen LogP contribution in [-0.2, 0) is 24.3 Å². The number of fused-ring (bicyclic) bond motifs is 2. The lowest BCUT2D eigenvalue weighted by Crippen LogP contribution is -2.44. The summed E-state index contributed by atoms with van der Waals surface area (Å²) in [6.45, 7) is 6.27. The van der Waals surface area contributed by atoms with Gasteiger partial charge in [0.25, 0.3) is 11.5 Å². The van der Waals surface area contributed by atoms with E-state index in [0.717, 1.165) is 6.20 Å². The fourth-order valence-corrected chi connectivity index (χ4v) is 4.95. The third-order valence-electron chi connectivity index (χ3n) is 6.78. The Balaban J connectivity index is 1.46. The second-order valence-corrected chi connectivity index (χ2v) is 9.81. The molecule has 0 radical (unpaired) electrons. The average Bonchev–Trinajstić information content (AvgIpc) is 3.60. The molecule has 2 aliphatic rings. The number of carbonyl (C=O) groups is 3. The Morgan fingerprint density at radius 3 is 2.71 bits per heavy atom. The van der Waals surface area contributed by atoms with Gasteiger partial charge in [-0.25, -0.2) is 14.2 Å². The zero-order valence-corrected chi connectivity index (χ0v) is 21.4. The minimum absolute atomic E-state index is 0.0123. The smallest absolute Gasteiger partial charge is 0.317 e. The Morgan fingerprint density at radius 2 is 2.03 bits per heavy atom. The molecule has 5 heterocycles. The van der Waals surface area contributed by atoms with E-state index < -0.39 is 17.3 Å². The van der Waals surface area contributed by atoms with Crippen molar-refractivity contribution in [1.82, 2.24) is 34.3 Å². The number of rotatable bonds is 6. The Labute approximate surface area is 217 Å². The van der Waals surface area contributed by atoms with Gasteiger partial charge in [0.05, 0.1) is 30.0 Å². The number of hydrogen-bond acceptors (Lipinski definition) is 6. The molecule has 0 saturated carbocycles. The lowest BCUT2D eigenvalue weighted by atomic mass is 10.2. The van der Waals surface area contributed by atoms with Crippen LogP contribution in [-0.4, -0.2) is 72.0 Å². The van der Waals surface area contributed by atoms with Gasteiger partial charge in [-0.15, -0.1) is 0 Å². The van der Waals surface area contributed by atoms with Crippen LogP contribution in [0.1, 0.15) is 48.9 Å². The number of nitrogens with one attached hydrogen (secondary N) is 2. The summed E-state index contributed by atoms with van der Waals surface area (Å²) in [7, 11) is 0. The topological polar surface area (TPSA) is 134 Å². The van der Waals surface area contributed by atoms with E-state index in [-0.39, 0.29) is 54.2 Å². The van der Waals surface area contributed by atoms with Crippen LogP contribution in [0.25, 0.3) is 5.65 Å². The van der Waals surface area contributed by atoms with Crippen molar-refractivity contribution in [3.05, 3.63) is 57.5 Å². The van der Waals surface area contributed by atoms with Gasteiger partial charge in [0.2, 0.25) is 5.91 Å². The zero-order valence-electron chi connectivity index (χ0n) is 21.4. The van der Waals surface area contributed by atoms with E-state index in [9.17, 15) is 23.6 Å². The van der Waals surface area contributed by atoms with E-state index >= 15 is 0 Å². The summed E-state index contributed by atoms with van der Waals surface area (Å²) in [5, 5.41) is 9.85. The molecule has 1 saturated heterocycles. The van der Waals surface area contributed by atoms with Gasteiger partial charge in [-0.2, -0.15) is 9.61 Å². The first-order valence-electron chi connectivity index (χ1n) is 12.6. The van der Waals surface area contributed by atoms with Crippen molar-refractivity contribution in [1.29, 1.82) is 0 Å². The summed E-state index contributed by atoms with van der Waals surface area (Å²) in [5.74, 6) is -1.25. The summed E-state index contributed by atoms with van der Waals surface area (Å²) in [6, 6.07) is 3.73. The van der Waals surface area contributed by atoms with Crippen LogP contribution >= 0.6 is 0 Å². The van der Waals surface area contributed by atoms with Crippen LogP contribution in [0.4, 0.5) is 15.0 Å². The number of carbonyl (C=O) groups excluding carboxylic acids is 3. The number of pyridine rings is 1. The van der Waals surface area contributed by atoms with Crippen molar-refractivity contribution < 1.29 is 18.8 Å². The largest absolute Gasteiger partial charge is 0.336 e. The third-order valence-corrected chi connectivity index (χ3v) is 6.78. The highest BCUT2D eigenvalue weighted by molar-refractivity contribution is 5.99. The first kappa shape index (κ1) is 25.4. The van der Waals surface area contributed by atoms with Gasteiger partial charge < -0.3 is 25.0 Å². The molecular formula is C25H29FN8O4. The quantitative estimate of drug-likeness (QED) is 0.501. The van der Waals surface area contributed by atoms with Gasteiger partial charge >= 0.3 is 6.03 Å². The maximum Gasteiger partial charge on any atom is 0.317 e. The number of aromatic nitrogens is 4. The highest BCUT2D eigenvalue weighted by Gasteiger charge is 2.41. The summed E-state index contributed by atoms with van der Waals surface area (Å²) in [6.07, 6.45) is 2.13. The summed E-state index contributed by atoms with van der Waals surface area (Å²) < 4.78 is 15.9. The van der Waals surface area contributed by atoms with Gasteiger partial charge in [-0.1, -0.05) is 6.92 Å². The number of hydrogen-bond donors (Lipinski definition) is 2. The number of urea groups is 1. The van der Waals surface area contributed by atoms with Gasteiger partial charge in [-0.3, -0.25) is 14.4 Å². The monoisotopic (exact) mass is 524 g/mol. The fraction of sp³-hybridized carbons (Fsp3) is 0.440. The zero-order chi connectivity index (χ0) is 27.1. The van der Waals surface area contributed by atoms with E-state index in [4.69, 9.17) is 0 Å². The normalized spacial score (nSPS) is 17.0. The molecule has 38 heavy (non-hydrogen) atoms. The van der Waals surface area contributed by atoms with Gasteiger partial charge in [0.15, 0.2) is 0 Å². The molecule has 0 aliphatic carbocycles. The molecule has 1 atom stereocenters. The Bertz CT molecular complexity index is 1480. The maximum absolute atomic E-state index is 13.7. The molecule has 2 N–H and O–H groups in total. The number of aryl methyl sites for hydroxylation is 1. The Morgan fingerprint density at radius 1 is 1.24 bits per heavy atom. The summed E-state index contributed by atoms with van der Waals surface area (Å²) >= 11 is 0.